The number of ether oxygens (including phenoxy) is 2. The summed E-state index contributed by atoms with van der Waals surface area (Å²) in [5, 5.41) is 0. The van der Waals surface area contributed by atoms with Crippen LogP contribution in [0, 0.1) is 0 Å². The topological polar surface area (TPSA) is 44.5 Å². The monoisotopic (exact) mass is 261 g/mol. The largest absolute Gasteiger partial charge is 0.493 e. The van der Waals surface area contributed by atoms with Gasteiger partial charge in [-0.25, -0.2) is 0 Å². The summed E-state index contributed by atoms with van der Waals surface area (Å²) < 4.78 is 12.1. The lowest BCUT2D eigenvalue weighted by molar-refractivity contribution is 0.0414. The van der Waals surface area contributed by atoms with E-state index < -0.39 is 0 Å². The number of nitrogens with two attached hydrogens (primary N) is 1. The van der Waals surface area contributed by atoms with Crippen LogP contribution in [0.2, 0.25) is 0 Å². The molecule has 1 aliphatic carbocycles. The standard InChI is InChI=1S/C16H23NO2/c1-2-10-18-13-6-5-7-14-15(13)12(17)11-16(19-14)8-3-4-9-16/h5-7,12H,2-4,8-11,17H2,1H3. The predicted molar refractivity (Wildman–Crippen MR) is 75.6 cm³/mol. The van der Waals surface area contributed by atoms with Crippen molar-refractivity contribution in [1.29, 1.82) is 0 Å². The molecule has 1 aliphatic heterocycles. The van der Waals surface area contributed by atoms with Crippen LogP contribution in [0.25, 0.3) is 0 Å². The Bertz CT molecular complexity index is 452. The van der Waals surface area contributed by atoms with E-state index in [1.165, 1.54) is 12.8 Å². The summed E-state index contributed by atoms with van der Waals surface area (Å²) >= 11 is 0. The minimum absolute atomic E-state index is 0.00417. The summed E-state index contributed by atoms with van der Waals surface area (Å²) in [6.45, 7) is 2.84. The van der Waals surface area contributed by atoms with E-state index in [1.807, 2.05) is 18.2 Å². The van der Waals surface area contributed by atoms with Crippen LogP contribution in [0.5, 0.6) is 11.5 Å². The van der Waals surface area contributed by atoms with Gasteiger partial charge in [-0.15, -0.1) is 0 Å². The molecule has 104 valence electrons. The average molecular weight is 261 g/mol. The minimum atomic E-state index is -0.00417. The van der Waals surface area contributed by atoms with Crippen LogP contribution in [-0.4, -0.2) is 12.2 Å². The summed E-state index contributed by atoms with van der Waals surface area (Å²) in [5.41, 5.74) is 7.47. The Hall–Kier alpha value is -1.22. The molecule has 1 heterocycles. The zero-order valence-corrected chi connectivity index (χ0v) is 11.7. The highest BCUT2D eigenvalue weighted by atomic mass is 16.5. The lowest BCUT2D eigenvalue weighted by atomic mass is 9.86. The zero-order chi connectivity index (χ0) is 13.3. The van der Waals surface area contributed by atoms with Crippen LogP contribution < -0.4 is 15.2 Å². The maximum absolute atomic E-state index is 6.41. The number of fused-ring (bicyclic) bond motifs is 1. The van der Waals surface area contributed by atoms with Crippen LogP contribution in [0.1, 0.15) is 57.1 Å². The van der Waals surface area contributed by atoms with Crippen molar-refractivity contribution in [2.24, 2.45) is 5.73 Å². The normalized spacial score (nSPS) is 24.0. The van der Waals surface area contributed by atoms with Gasteiger partial charge in [0.2, 0.25) is 0 Å². The summed E-state index contributed by atoms with van der Waals surface area (Å²) in [5.74, 6) is 1.84. The van der Waals surface area contributed by atoms with Crippen molar-refractivity contribution in [3.05, 3.63) is 23.8 Å². The number of hydrogen-bond donors (Lipinski definition) is 1. The molecule has 1 unspecified atom stereocenters. The number of benzene rings is 1. The Balaban J connectivity index is 1.91. The van der Waals surface area contributed by atoms with E-state index in [9.17, 15) is 0 Å². The fourth-order valence-electron chi connectivity index (χ4n) is 3.42. The van der Waals surface area contributed by atoms with Crippen molar-refractivity contribution in [3.63, 3.8) is 0 Å². The van der Waals surface area contributed by atoms with Gasteiger partial charge in [0.05, 0.1) is 12.2 Å². The van der Waals surface area contributed by atoms with Gasteiger partial charge in [-0.1, -0.05) is 13.0 Å². The maximum Gasteiger partial charge on any atom is 0.128 e. The van der Waals surface area contributed by atoms with Crippen LogP contribution >= 0.6 is 0 Å². The molecule has 2 N–H and O–H groups in total. The van der Waals surface area contributed by atoms with E-state index in [4.69, 9.17) is 15.2 Å². The van der Waals surface area contributed by atoms with E-state index in [0.29, 0.717) is 0 Å². The second kappa shape index (κ2) is 5.04. The van der Waals surface area contributed by atoms with E-state index in [-0.39, 0.29) is 11.6 Å². The number of rotatable bonds is 3. The third kappa shape index (κ3) is 2.32. The van der Waals surface area contributed by atoms with Gasteiger partial charge in [-0.3, -0.25) is 0 Å². The predicted octanol–water partition coefficient (Wildman–Crippen LogP) is 3.57. The quantitative estimate of drug-likeness (QED) is 0.904. The molecule has 1 atom stereocenters. The van der Waals surface area contributed by atoms with E-state index >= 15 is 0 Å². The Kier molecular flexibility index (Phi) is 3.40. The van der Waals surface area contributed by atoms with Gasteiger partial charge in [-0.05, 0) is 44.2 Å². The van der Waals surface area contributed by atoms with E-state index in [0.717, 1.165) is 49.4 Å². The molecular weight excluding hydrogens is 238 g/mol. The molecule has 3 nitrogen and oxygen atoms in total. The Morgan fingerprint density at radius 3 is 2.89 bits per heavy atom. The molecule has 3 rings (SSSR count). The van der Waals surface area contributed by atoms with Crippen molar-refractivity contribution in [1.82, 2.24) is 0 Å². The first-order valence-corrected chi connectivity index (χ1v) is 7.44. The van der Waals surface area contributed by atoms with Gasteiger partial charge in [0.1, 0.15) is 17.1 Å². The van der Waals surface area contributed by atoms with Gasteiger partial charge in [-0.2, -0.15) is 0 Å². The highest BCUT2D eigenvalue weighted by Gasteiger charge is 2.42. The molecule has 0 saturated heterocycles. The molecule has 1 fully saturated rings. The lowest BCUT2D eigenvalue weighted by Gasteiger charge is -2.39. The smallest absolute Gasteiger partial charge is 0.128 e. The molecule has 3 heteroatoms. The fraction of sp³-hybridized carbons (Fsp3) is 0.625. The van der Waals surface area contributed by atoms with Gasteiger partial charge >= 0.3 is 0 Å². The van der Waals surface area contributed by atoms with Crippen LogP contribution in [0.3, 0.4) is 0 Å². The van der Waals surface area contributed by atoms with Crippen molar-refractivity contribution in [2.75, 3.05) is 6.61 Å². The van der Waals surface area contributed by atoms with Crippen LogP contribution in [-0.2, 0) is 0 Å². The number of hydrogen-bond acceptors (Lipinski definition) is 3. The summed E-state index contributed by atoms with van der Waals surface area (Å²) in [4.78, 5) is 0. The summed E-state index contributed by atoms with van der Waals surface area (Å²) in [7, 11) is 0. The first-order chi connectivity index (χ1) is 9.24. The van der Waals surface area contributed by atoms with Crippen LogP contribution in [0.4, 0.5) is 0 Å². The maximum atomic E-state index is 6.41. The van der Waals surface area contributed by atoms with E-state index in [2.05, 4.69) is 6.92 Å². The van der Waals surface area contributed by atoms with Crippen LogP contribution in [0.15, 0.2) is 18.2 Å². The highest BCUT2D eigenvalue weighted by molar-refractivity contribution is 5.48. The molecule has 0 amide bonds. The van der Waals surface area contributed by atoms with Gasteiger partial charge in [0.25, 0.3) is 0 Å². The second-order valence-electron chi connectivity index (χ2n) is 5.82. The molecule has 0 aromatic heterocycles. The van der Waals surface area contributed by atoms with E-state index in [1.54, 1.807) is 0 Å². The van der Waals surface area contributed by atoms with Crippen molar-refractivity contribution < 1.29 is 9.47 Å². The van der Waals surface area contributed by atoms with Gasteiger partial charge in [0.15, 0.2) is 0 Å². The molecule has 19 heavy (non-hydrogen) atoms. The summed E-state index contributed by atoms with van der Waals surface area (Å²) in [6, 6.07) is 6.08. The SMILES string of the molecule is CCCOc1cccc2c1C(N)CC1(CCCC1)O2. The molecule has 1 aromatic rings. The third-order valence-electron chi connectivity index (χ3n) is 4.29. The fourth-order valence-corrected chi connectivity index (χ4v) is 3.42. The molecule has 0 bridgehead atoms. The molecule has 1 saturated carbocycles. The Labute approximate surface area is 115 Å². The zero-order valence-electron chi connectivity index (χ0n) is 11.7. The molecule has 0 radical (unpaired) electrons. The van der Waals surface area contributed by atoms with Crippen molar-refractivity contribution in [2.45, 2.75) is 57.1 Å². The molecule has 1 aromatic carbocycles. The highest BCUT2D eigenvalue weighted by Crippen LogP contribution is 2.48. The van der Waals surface area contributed by atoms with Crippen molar-refractivity contribution >= 4 is 0 Å². The van der Waals surface area contributed by atoms with Crippen molar-refractivity contribution in [3.8, 4) is 11.5 Å². The molecule has 2 aliphatic rings. The lowest BCUT2D eigenvalue weighted by Crippen LogP contribution is -2.40. The molecular formula is C16H23NO2. The van der Waals surface area contributed by atoms with Gasteiger partial charge < -0.3 is 15.2 Å². The summed E-state index contributed by atoms with van der Waals surface area (Å²) in [6.07, 6.45) is 6.72. The molecule has 1 spiro atoms. The minimum Gasteiger partial charge on any atom is -0.493 e. The average Bonchev–Trinajstić information content (AvgIpc) is 2.83. The van der Waals surface area contributed by atoms with Gasteiger partial charge in [0, 0.05) is 12.5 Å². The first kappa shape index (κ1) is 12.8. The third-order valence-corrected chi connectivity index (χ3v) is 4.29. The second-order valence-corrected chi connectivity index (χ2v) is 5.82. The Morgan fingerprint density at radius 2 is 2.16 bits per heavy atom. The Morgan fingerprint density at radius 1 is 1.37 bits per heavy atom. The first-order valence-electron chi connectivity index (χ1n) is 7.44.